The Morgan fingerprint density at radius 3 is 1.92 bits per heavy atom. The van der Waals surface area contributed by atoms with Gasteiger partial charge in [0.15, 0.2) is 9.04 Å². The van der Waals surface area contributed by atoms with Crippen LogP contribution < -0.4 is 5.73 Å². The molecule has 0 aromatic heterocycles. The molecule has 2 aromatic carbocycles. The van der Waals surface area contributed by atoms with Crippen molar-refractivity contribution >= 4 is 21.0 Å². The normalized spacial score (nSPS) is 16.8. The minimum absolute atomic E-state index is 0.0736. The van der Waals surface area contributed by atoms with Gasteiger partial charge in [-0.1, -0.05) is 83.1 Å². The van der Waals surface area contributed by atoms with Crippen LogP contribution in [-0.4, -0.2) is 38.4 Å². The van der Waals surface area contributed by atoms with Gasteiger partial charge in [-0.15, -0.1) is 0 Å². The highest BCUT2D eigenvalue weighted by molar-refractivity contribution is 6.48. The summed E-state index contributed by atoms with van der Waals surface area (Å²) in [5, 5.41) is 10.2. The van der Waals surface area contributed by atoms with E-state index in [1.165, 1.54) is 0 Å². The quantitative estimate of drug-likeness (QED) is 0.252. The summed E-state index contributed by atoms with van der Waals surface area (Å²) in [5.41, 5.74) is 8.50. The number of benzene rings is 2. The molecule has 1 aliphatic carbocycles. The first-order valence-corrected chi connectivity index (χ1v) is 15.6. The summed E-state index contributed by atoms with van der Waals surface area (Å²) >= 11 is 0. The van der Waals surface area contributed by atoms with Crippen molar-refractivity contribution < 1.29 is 23.9 Å². The molecule has 0 amide bonds. The molecule has 0 heterocycles. The summed E-state index contributed by atoms with van der Waals surface area (Å²) in [4.78, 5) is 26.3. The smallest absolute Gasteiger partial charge is 0.350 e. The number of carbonyl (C=O) groups excluding carboxylic acids is 1. The van der Waals surface area contributed by atoms with E-state index in [0.717, 1.165) is 22.3 Å². The van der Waals surface area contributed by atoms with Crippen LogP contribution in [0.1, 0.15) is 58.1 Å². The number of carboxylic acid groups (broad SMARTS) is 1. The zero-order valence-electron chi connectivity index (χ0n) is 22.6. The molecule has 2 aromatic rings. The van der Waals surface area contributed by atoms with Gasteiger partial charge in [-0.05, 0) is 53.1 Å². The summed E-state index contributed by atoms with van der Waals surface area (Å²) in [7, 11) is -1.85. The van der Waals surface area contributed by atoms with Gasteiger partial charge in [-0.25, -0.2) is 4.79 Å². The Morgan fingerprint density at radius 2 is 1.50 bits per heavy atom. The third-order valence-corrected chi connectivity index (χ3v) is 7.81. The van der Waals surface area contributed by atoms with E-state index in [0.29, 0.717) is 6.42 Å². The van der Waals surface area contributed by atoms with Gasteiger partial charge in [0, 0.05) is 11.8 Å². The molecule has 3 rings (SSSR count). The number of nitrogens with two attached hydrogens (primary N) is 1. The average molecular weight is 512 g/mol. The zero-order chi connectivity index (χ0) is 26.8. The number of hydrogen-bond donors (Lipinski definition) is 2. The predicted molar refractivity (Wildman–Crippen MR) is 145 cm³/mol. The molecule has 0 saturated carbocycles. The number of aliphatic carboxylic acids is 1. The molecule has 1 aliphatic rings. The topological polar surface area (TPSA) is 98.9 Å². The molecule has 196 valence electrons. The van der Waals surface area contributed by atoms with Gasteiger partial charge in [0.2, 0.25) is 5.72 Å². The summed E-state index contributed by atoms with van der Waals surface area (Å²) in [6, 6.07) is 16.4. The molecule has 6 nitrogen and oxygen atoms in total. The van der Waals surface area contributed by atoms with E-state index in [1.54, 1.807) is 0 Å². The average Bonchev–Trinajstić information content (AvgIpc) is 3.09. The first kappa shape index (κ1) is 28.1. The summed E-state index contributed by atoms with van der Waals surface area (Å²) in [6.45, 7) is 13.7. The second-order valence-electron chi connectivity index (χ2n) is 11.7. The number of carbonyl (C=O) groups is 2. The van der Waals surface area contributed by atoms with Crippen LogP contribution in [0.4, 0.5) is 0 Å². The minimum atomic E-state index is -1.98. The number of carboxylic acids is 1. The Labute approximate surface area is 216 Å². The van der Waals surface area contributed by atoms with Gasteiger partial charge in [0.05, 0.1) is 5.92 Å². The first-order valence-electron chi connectivity index (χ1n) is 12.8. The highest BCUT2D eigenvalue weighted by atomic mass is 28.3. The van der Waals surface area contributed by atoms with Crippen LogP contribution in [0.15, 0.2) is 48.5 Å². The van der Waals surface area contributed by atoms with Crippen LogP contribution in [0.3, 0.4) is 0 Å². The lowest BCUT2D eigenvalue weighted by atomic mass is 9.65. The maximum atomic E-state index is 13.8. The van der Waals surface area contributed by atoms with E-state index >= 15 is 0 Å². The molecule has 36 heavy (non-hydrogen) atoms. The zero-order valence-corrected chi connectivity index (χ0v) is 23.7. The van der Waals surface area contributed by atoms with Crippen LogP contribution >= 0.6 is 0 Å². The highest BCUT2D eigenvalue weighted by Crippen LogP contribution is 2.46. The van der Waals surface area contributed by atoms with Crippen molar-refractivity contribution in [3.8, 4) is 11.1 Å². The van der Waals surface area contributed by atoms with Crippen LogP contribution in [-0.2, 0) is 18.8 Å². The summed E-state index contributed by atoms with van der Waals surface area (Å²) < 4.78 is 12.0. The molecule has 0 radical (unpaired) electrons. The molecular weight excluding hydrogens is 470 g/mol. The largest absolute Gasteiger partial charge is 0.478 e. The van der Waals surface area contributed by atoms with Gasteiger partial charge in [-0.3, -0.25) is 10.5 Å². The van der Waals surface area contributed by atoms with Gasteiger partial charge >= 0.3 is 11.9 Å². The lowest BCUT2D eigenvalue weighted by Crippen LogP contribution is -2.64. The molecule has 0 spiro atoms. The Kier molecular flexibility index (Phi) is 8.48. The molecule has 3 N–H and O–H groups in total. The molecule has 0 saturated heterocycles. The van der Waals surface area contributed by atoms with Crippen molar-refractivity contribution in [1.82, 2.24) is 0 Å². The van der Waals surface area contributed by atoms with E-state index in [4.69, 9.17) is 14.9 Å². The minimum Gasteiger partial charge on any atom is -0.478 e. The Morgan fingerprint density at radius 1 is 1.00 bits per heavy atom. The predicted octanol–water partition coefficient (Wildman–Crippen LogP) is 5.41. The monoisotopic (exact) mass is 511 g/mol. The molecule has 0 aliphatic heterocycles. The van der Waals surface area contributed by atoms with Crippen molar-refractivity contribution in [2.45, 2.75) is 65.8 Å². The fraction of sp³-hybridized carbons (Fsp3) is 0.517. The fourth-order valence-corrected chi connectivity index (χ4v) is 6.81. The second-order valence-corrected chi connectivity index (χ2v) is 14.0. The van der Waals surface area contributed by atoms with Crippen LogP contribution in [0.5, 0.6) is 0 Å². The maximum absolute atomic E-state index is 13.8. The molecule has 3 atom stereocenters. The van der Waals surface area contributed by atoms with E-state index in [-0.39, 0.29) is 18.4 Å². The molecule has 0 bridgehead atoms. The number of fused-ring (bicyclic) bond motifs is 3. The maximum Gasteiger partial charge on any atom is 0.350 e. The number of rotatable bonds is 10. The van der Waals surface area contributed by atoms with Crippen LogP contribution in [0.25, 0.3) is 11.1 Å². The van der Waals surface area contributed by atoms with Gasteiger partial charge in [0.25, 0.3) is 0 Å². The number of esters is 1. The molecule has 7 heteroatoms. The van der Waals surface area contributed by atoms with Crippen molar-refractivity contribution in [2.24, 2.45) is 28.9 Å². The Bertz CT molecular complexity index is 1050. The molecule has 1 unspecified atom stereocenters. The first-order chi connectivity index (χ1) is 16.8. The molecule has 0 fully saturated rings. The van der Waals surface area contributed by atoms with E-state index < -0.39 is 44.0 Å². The summed E-state index contributed by atoms with van der Waals surface area (Å²) in [6.07, 6.45) is 0.452. The third-order valence-electron chi connectivity index (χ3n) is 6.95. The lowest BCUT2D eigenvalue weighted by Gasteiger charge is -2.46. The van der Waals surface area contributed by atoms with Gasteiger partial charge in [-0.2, -0.15) is 0 Å². The van der Waals surface area contributed by atoms with Crippen LogP contribution in [0.2, 0.25) is 13.1 Å². The third kappa shape index (κ3) is 5.74. The van der Waals surface area contributed by atoms with Crippen molar-refractivity contribution in [3.05, 3.63) is 59.7 Å². The van der Waals surface area contributed by atoms with Crippen molar-refractivity contribution in [2.75, 3.05) is 6.61 Å². The second kappa shape index (κ2) is 10.9. The lowest BCUT2D eigenvalue weighted by molar-refractivity contribution is -0.177. The van der Waals surface area contributed by atoms with E-state index in [9.17, 15) is 14.7 Å². The SMILES string of the molecule is CC(C)C[C@H](C(=O)OCC1c2ccccc2-c2ccccc21)[C@@H](C(C)(C)C)C(N)(O[SiH](C)C)C(=O)O. The Balaban J connectivity index is 1.95. The van der Waals surface area contributed by atoms with E-state index in [2.05, 4.69) is 24.3 Å². The highest BCUT2D eigenvalue weighted by Gasteiger charge is 2.55. The van der Waals surface area contributed by atoms with Crippen molar-refractivity contribution in [1.29, 1.82) is 0 Å². The van der Waals surface area contributed by atoms with Gasteiger partial charge in [0.1, 0.15) is 6.61 Å². The van der Waals surface area contributed by atoms with E-state index in [1.807, 2.05) is 72.0 Å². The fourth-order valence-electron chi connectivity index (χ4n) is 5.78. The Hall–Kier alpha value is -2.48. The summed E-state index contributed by atoms with van der Waals surface area (Å²) in [5.74, 6) is -3.12. The molecular formula is C29H41NO5Si. The van der Waals surface area contributed by atoms with Crippen LogP contribution in [0, 0.1) is 23.2 Å². The van der Waals surface area contributed by atoms with Crippen molar-refractivity contribution in [3.63, 3.8) is 0 Å². The number of ether oxygens (including phenoxy) is 1. The number of hydrogen-bond acceptors (Lipinski definition) is 5. The van der Waals surface area contributed by atoms with Gasteiger partial charge < -0.3 is 14.3 Å². The standard InChI is InChI=1S/C29H41NO5Si/c1-18(2)16-23(25(28(3,4)5)29(30,27(32)33)35-36(6)7)26(31)34-17-24-21-14-10-8-12-19(21)20-13-9-11-15-22(20)24/h8-15,18,23-25,36H,16-17,30H2,1-7H3,(H,32,33)/t23-,25-,29?/m0/s1.